The quantitative estimate of drug-likeness (QED) is 0.805. The summed E-state index contributed by atoms with van der Waals surface area (Å²) in [4.78, 5) is 27.8. The normalized spacial score (nSPS) is 10.8. The van der Waals surface area contributed by atoms with E-state index in [2.05, 4.69) is 4.98 Å². The zero-order valence-corrected chi connectivity index (χ0v) is 12.2. The molecule has 0 fully saturated rings. The maximum absolute atomic E-state index is 12.5. The molecule has 5 nitrogen and oxygen atoms in total. The molecule has 0 aliphatic rings. The number of fused-ring (bicyclic) bond motifs is 1. The van der Waals surface area contributed by atoms with E-state index in [9.17, 15) is 9.59 Å². The summed E-state index contributed by atoms with van der Waals surface area (Å²) in [7, 11) is 0. The SMILES string of the molecule is NC(=O)c1ccc(Cn2cnc3ccc(Cl)cc3c2=O)cc1. The van der Waals surface area contributed by atoms with E-state index in [0.717, 1.165) is 5.56 Å². The fourth-order valence-electron chi connectivity index (χ4n) is 2.21. The van der Waals surface area contributed by atoms with Crippen LogP contribution < -0.4 is 11.3 Å². The van der Waals surface area contributed by atoms with Crippen LogP contribution in [0.3, 0.4) is 0 Å². The number of halogens is 1. The van der Waals surface area contributed by atoms with Gasteiger partial charge in [-0.2, -0.15) is 0 Å². The summed E-state index contributed by atoms with van der Waals surface area (Å²) in [5.74, 6) is -0.481. The number of carbonyl (C=O) groups is 1. The Morgan fingerprint density at radius 3 is 2.59 bits per heavy atom. The predicted molar refractivity (Wildman–Crippen MR) is 85.1 cm³/mol. The Labute approximate surface area is 131 Å². The Balaban J connectivity index is 1.98. The van der Waals surface area contributed by atoms with Crippen molar-refractivity contribution in [3.05, 3.63) is 75.3 Å². The van der Waals surface area contributed by atoms with Crippen LogP contribution in [0.15, 0.2) is 53.6 Å². The van der Waals surface area contributed by atoms with Crippen LogP contribution in [0.5, 0.6) is 0 Å². The molecule has 22 heavy (non-hydrogen) atoms. The van der Waals surface area contributed by atoms with Crippen LogP contribution >= 0.6 is 11.6 Å². The van der Waals surface area contributed by atoms with E-state index < -0.39 is 5.91 Å². The van der Waals surface area contributed by atoms with Gasteiger partial charge in [0.15, 0.2) is 0 Å². The van der Waals surface area contributed by atoms with Crippen LogP contribution in [-0.2, 0) is 6.54 Å². The minimum atomic E-state index is -0.481. The fraction of sp³-hybridized carbons (Fsp3) is 0.0625. The Morgan fingerprint density at radius 1 is 1.18 bits per heavy atom. The fourth-order valence-corrected chi connectivity index (χ4v) is 2.39. The number of nitrogens with zero attached hydrogens (tertiary/aromatic N) is 2. The van der Waals surface area contributed by atoms with Gasteiger partial charge in [0.05, 0.1) is 23.8 Å². The highest BCUT2D eigenvalue weighted by atomic mass is 35.5. The third kappa shape index (κ3) is 2.71. The maximum Gasteiger partial charge on any atom is 0.261 e. The monoisotopic (exact) mass is 313 g/mol. The van der Waals surface area contributed by atoms with E-state index in [1.165, 1.54) is 10.9 Å². The number of hydrogen-bond donors (Lipinski definition) is 1. The van der Waals surface area contributed by atoms with Crippen LogP contribution in [0, 0.1) is 0 Å². The zero-order chi connectivity index (χ0) is 15.7. The number of carbonyl (C=O) groups excluding carboxylic acids is 1. The van der Waals surface area contributed by atoms with Crippen molar-refractivity contribution < 1.29 is 4.79 Å². The van der Waals surface area contributed by atoms with Crippen molar-refractivity contribution in [2.45, 2.75) is 6.54 Å². The highest BCUT2D eigenvalue weighted by Gasteiger charge is 2.06. The smallest absolute Gasteiger partial charge is 0.261 e. The Morgan fingerprint density at radius 2 is 1.91 bits per heavy atom. The molecule has 2 N–H and O–H groups in total. The lowest BCUT2D eigenvalue weighted by atomic mass is 10.1. The van der Waals surface area contributed by atoms with Crippen molar-refractivity contribution in [1.82, 2.24) is 9.55 Å². The van der Waals surface area contributed by atoms with Gasteiger partial charge >= 0.3 is 0 Å². The van der Waals surface area contributed by atoms with E-state index in [0.29, 0.717) is 28.0 Å². The minimum absolute atomic E-state index is 0.161. The summed E-state index contributed by atoms with van der Waals surface area (Å²) >= 11 is 5.93. The molecule has 0 aliphatic heterocycles. The third-order valence-electron chi connectivity index (χ3n) is 3.38. The van der Waals surface area contributed by atoms with Crippen molar-refractivity contribution in [3.8, 4) is 0 Å². The average Bonchev–Trinajstić information content (AvgIpc) is 2.51. The first kappa shape index (κ1) is 14.3. The van der Waals surface area contributed by atoms with Crippen molar-refractivity contribution >= 4 is 28.4 Å². The Hall–Kier alpha value is -2.66. The zero-order valence-electron chi connectivity index (χ0n) is 11.5. The lowest BCUT2D eigenvalue weighted by Crippen LogP contribution is -2.21. The largest absolute Gasteiger partial charge is 0.366 e. The van der Waals surface area contributed by atoms with Gasteiger partial charge in [0.25, 0.3) is 5.56 Å². The minimum Gasteiger partial charge on any atom is -0.366 e. The van der Waals surface area contributed by atoms with Crippen LogP contribution in [0.1, 0.15) is 15.9 Å². The second kappa shape index (κ2) is 5.61. The molecule has 3 rings (SSSR count). The molecule has 110 valence electrons. The van der Waals surface area contributed by atoms with Crippen molar-refractivity contribution in [1.29, 1.82) is 0 Å². The number of primary amides is 1. The highest BCUT2D eigenvalue weighted by molar-refractivity contribution is 6.31. The molecule has 3 aromatic rings. The Kier molecular flexibility index (Phi) is 3.65. The number of benzene rings is 2. The average molecular weight is 314 g/mol. The lowest BCUT2D eigenvalue weighted by Gasteiger charge is -2.07. The summed E-state index contributed by atoms with van der Waals surface area (Å²) in [5, 5.41) is 0.971. The van der Waals surface area contributed by atoms with Crippen molar-refractivity contribution in [2.75, 3.05) is 0 Å². The van der Waals surface area contributed by atoms with Crippen LogP contribution in [0.2, 0.25) is 5.02 Å². The second-order valence-electron chi connectivity index (χ2n) is 4.90. The van der Waals surface area contributed by atoms with E-state index in [-0.39, 0.29) is 5.56 Å². The third-order valence-corrected chi connectivity index (χ3v) is 3.61. The molecule has 1 heterocycles. The van der Waals surface area contributed by atoms with Gasteiger partial charge in [-0.25, -0.2) is 4.98 Å². The van der Waals surface area contributed by atoms with Gasteiger partial charge in [0.2, 0.25) is 5.91 Å². The molecule has 0 aliphatic carbocycles. The van der Waals surface area contributed by atoms with Gasteiger partial charge in [0, 0.05) is 10.6 Å². The first-order valence-corrected chi connectivity index (χ1v) is 6.96. The summed E-state index contributed by atoms with van der Waals surface area (Å²) in [6.45, 7) is 0.354. The lowest BCUT2D eigenvalue weighted by molar-refractivity contribution is 0.100. The molecule has 0 radical (unpaired) electrons. The Bertz CT molecular complexity index is 917. The van der Waals surface area contributed by atoms with E-state index >= 15 is 0 Å². The molecule has 1 amide bonds. The standard InChI is InChI=1S/C16H12ClN3O2/c17-12-5-6-14-13(7-12)16(22)20(9-19-14)8-10-1-3-11(4-2-10)15(18)21/h1-7,9H,8H2,(H2,18,21). The predicted octanol–water partition coefficient (Wildman–Crippen LogP) is 2.20. The molecule has 0 bridgehead atoms. The molecule has 0 atom stereocenters. The summed E-state index contributed by atoms with van der Waals surface area (Å²) in [5.41, 5.74) is 6.95. The van der Waals surface area contributed by atoms with Gasteiger partial charge in [-0.3, -0.25) is 14.2 Å². The topological polar surface area (TPSA) is 78.0 Å². The van der Waals surface area contributed by atoms with Crippen molar-refractivity contribution in [2.24, 2.45) is 5.73 Å². The first-order chi connectivity index (χ1) is 10.5. The van der Waals surface area contributed by atoms with Gasteiger partial charge < -0.3 is 5.73 Å². The molecule has 6 heteroatoms. The molecular weight excluding hydrogens is 302 g/mol. The van der Waals surface area contributed by atoms with Crippen LogP contribution in [-0.4, -0.2) is 15.5 Å². The molecule has 0 spiro atoms. The summed E-state index contributed by atoms with van der Waals surface area (Å²) in [6, 6.07) is 11.8. The van der Waals surface area contributed by atoms with Gasteiger partial charge in [-0.05, 0) is 35.9 Å². The molecule has 0 saturated carbocycles. The molecular formula is C16H12ClN3O2. The summed E-state index contributed by atoms with van der Waals surface area (Å²) in [6.07, 6.45) is 1.50. The van der Waals surface area contributed by atoms with E-state index in [1.54, 1.807) is 42.5 Å². The second-order valence-corrected chi connectivity index (χ2v) is 5.34. The molecule has 1 aromatic heterocycles. The number of nitrogens with two attached hydrogens (primary N) is 1. The number of aromatic nitrogens is 2. The van der Waals surface area contributed by atoms with Crippen LogP contribution in [0.4, 0.5) is 0 Å². The van der Waals surface area contributed by atoms with E-state index in [4.69, 9.17) is 17.3 Å². The van der Waals surface area contributed by atoms with Crippen molar-refractivity contribution in [3.63, 3.8) is 0 Å². The van der Waals surface area contributed by atoms with Gasteiger partial charge in [-0.1, -0.05) is 23.7 Å². The molecule has 0 saturated heterocycles. The van der Waals surface area contributed by atoms with E-state index in [1.807, 2.05) is 0 Å². The number of hydrogen-bond acceptors (Lipinski definition) is 3. The first-order valence-electron chi connectivity index (χ1n) is 6.58. The highest BCUT2D eigenvalue weighted by Crippen LogP contribution is 2.14. The molecule has 2 aromatic carbocycles. The van der Waals surface area contributed by atoms with Gasteiger partial charge in [-0.15, -0.1) is 0 Å². The number of rotatable bonds is 3. The molecule has 0 unspecified atom stereocenters. The summed E-state index contributed by atoms with van der Waals surface area (Å²) < 4.78 is 1.50. The van der Waals surface area contributed by atoms with Crippen LogP contribution in [0.25, 0.3) is 10.9 Å². The number of amides is 1. The maximum atomic E-state index is 12.5. The van der Waals surface area contributed by atoms with Gasteiger partial charge in [0.1, 0.15) is 0 Å².